The van der Waals surface area contributed by atoms with Gasteiger partial charge in [0.1, 0.15) is 5.69 Å². The van der Waals surface area contributed by atoms with Gasteiger partial charge < -0.3 is 0 Å². The number of aromatic nitrogens is 2. The van der Waals surface area contributed by atoms with E-state index in [1.165, 1.54) is 10.9 Å². The van der Waals surface area contributed by atoms with Crippen LogP contribution in [0.2, 0.25) is 0 Å². The van der Waals surface area contributed by atoms with Crippen LogP contribution in [-0.4, -0.2) is 9.55 Å². The zero-order valence-electron chi connectivity index (χ0n) is 6.78. The molecular formula is C8H8F2N2O. The number of alkyl halides is 2. The molecular weight excluding hydrogens is 178 g/mol. The Morgan fingerprint density at radius 1 is 1.54 bits per heavy atom. The Morgan fingerprint density at radius 2 is 2.23 bits per heavy atom. The third-order valence-electron chi connectivity index (χ3n) is 2.02. The molecule has 1 saturated carbocycles. The maximum absolute atomic E-state index is 12.1. The monoisotopic (exact) mass is 186 g/mol. The number of nitrogens with zero attached hydrogens (tertiary/aromatic N) is 2. The number of rotatable bonds is 2. The molecule has 0 amide bonds. The molecule has 70 valence electrons. The van der Waals surface area contributed by atoms with Crippen LogP contribution in [0.25, 0.3) is 0 Å². The van der Waals surface area contributed by atoms with Crippen molar-refractivity contribution in [1.82, 2.24) is 9.55 Å². The summed E-state index contributed by atoms with van der Waals surface area (Å²) in [5.74, 6) is 0. The smallest absolute Gasteiger partial charge is 0.280 e. The molecule has 0 bridgehead atoms. The van der Waals surface area contributed by atoms with E-state index in [1.54, 1.807) is 0 Å². The second-order valence-electron chi connectivity index (χ2n) is 3.09. The molecule has 0 unspecified atom stereocenters. The summed E-state index contributed by atoms with van der Waals surface area (Å²) in [5, 5.41) is 0. The fourth-order valence-electron chi connectivity index (χ4n) is 1.17. The summed E-state index contributed by atoms with van der Waals surface area (Å²) in [4.78, 5) is 14.7. The Bertz CT molecular complexity index is 371. The third-order valence-corrected chi connectivity index (χ3v) is 2.02. The van der Waals surface area contributed by atoms with Gasteiger partial charge in [0.05, 0.1) is 6.33 Å². The van der Waals surface area contributed by atoms with Gasteiger partial charge >= 0.3 is 0 Å². The van der Waals surface area contributed by atoms with Gasteiger partial charge in [-0.1, -0.05) is 0 Å². The van der Waals surface area contributed by atoms with Crippen molar-refractivity contribution in [3.05, 3.63) is 28.4 Å². The largest absolute Gasteiger partial charge is 0.296 e. The molecule has 1 heterocycles. The van der Waals surface area contributed by atoms with Crippen LogP contribution in [0.15, 0.2) is 17.2 Å². The van der Waals surface area contributed by atoms with Gasteiger partial charge in [0.2, 0.25) is 0 Å². The Hall–Kier alpha value is -1.26. The van der Waals surface area contributed by atoms with Crippen LogP contribution < -0.4 is 5.56 Å². The highest BCUT2D eigenvalue weighted by atomic mass is 19.3. The van der Waals surface area contributed by atoms with Gasteiger partial charge in [-0.3, -0.25) is 9.36 Å². The molecule has 3 nitrogen and oxygen atoms in total. The van der Waals surface area contributed by atoms with Crippen molar-refractivity contribution in [3.8, 4) is 0 Å². The highest BCUT2D eigenvalue weighted by molar-refractivity contribution is 5.02. The van der Waals surface area contributed by atoms with Gasteiger partial charge in [-0.15, -0.1) is 0 Å². The molecule has 0 spiro atoms. The molecule has 0 aliphatic heterocycles. The van der Waals surface area contributed by atoms with E-state index in [2.05, 4.69) is 4.98 Å². The Morgan fingerprint density at radius 3 is 2.69 bits per heavy atom. The maximum atomic E-state index is 12.1. The first kappa shape index (κ1) is 8.34. The number of hydrogen-bond donors (Lipinski definition) is 0. The number of hydrogen-bond acceptors (Lipinski definition) is 2. The molecule has 1 aromatic rings. The van der Waals surface area contributed by atoms with E-state index < -0.39 is 12.1 Å². The van der Waals surface area contributed by atoms with Crippen molar-refractivity contribution in [2.24, 2.45) is 0 Å². The van der Waals surface area contributed by atoms with Crippen molar-refractivity contribution in [2.75, 3.05) is 0 Å². The standard InChI is InChI=1S/C8H8F2N2O/c9-8(10)6-3-7(13)12(4-11-6)5-1-2-5/h3-5,8H,1-2H2. The second-order valence-corrected chi connectivity index (χ2v) is 3.09. The Balaban J connectivity index is 2.37. The summed E-state index contributed by atoms with van der Waals surface area (Å²) in [6.45, 7) is 0. The van der Waals surface area contributed by atoms with E-state index >= 15 is 0 Å². The predicted molar refractivity (Wildman–Crippen MR) is 41.7 cm³/mol. The fourth-order valence-corrected chi connectivity index (χ4v) is 1.17. The highest BCUT2D eigenvalue weighted by Crippen LogP contribution is 2.33. The normalized spacial score (nSPS) is 16.5. The molecule has 1 aliphatic rings. The SMILES string of the molecule is O=c1cc(C(F)F)ncn1C1CC1. The quantitative estimate of drug-likeness (QED) is 0.701. The van der Waals surface area contributed by atoms with Crippen LogP contribution in [0.1, 0.15) is 31.0 Å². The van der Waals surface area contributed by atoms with E-state index in [9.17, 15) is 13.6 Å². The maximum Gasteiger partial charge on any atom is 0.280 e. The second kappa shape index (κ2) is 2.90. The molecule has 0 saturated heterocycles. The Kier molecular flexibility index (Phi) is 1.86. The molecule has 1 fully saturated rings. The first-order valence-electron chi connectivity index (χ1n) is 4.04. The topological polar surface area (TPSA) is 34.9 Å². The molecule has 5 heteroatoms. The molecule has 0 aromatic carbocycles. The van der Waals surface area contributed by atoms with Crippen LogP contribution in [0.5, 0.6) is 0 Å². The first-order chi connectivity index (χ1) is 6.18. The summed E-state index contributed by atoms with van der Waals surface area (Å²) in [5.41, 5.74) is -0.824. The molecule has 0 atom stereocenters. The van der Waals surface area contributed by atoms with Gasteiger partial charge in [0, 0.05) is 12.1 Å². The van der Waals surface area contributed by atoms with Gasteiger partial charge in [-0.25, -0.2) is 13.8 Å². The Labute approximate surface area is 73.0 Å². The summed E-state index contributed by atoms with van der Waals surface area (Å²) in [6, 6.07) is 1.09. The van der Waals surface area contributed by atoms with E-state index in [0.29, 0.717) is 0 Å². The van der Waals surface area contributed by atoms with Gasteiger partial charge in [-0.2, -0.15) is 0 Å². The molecule has 2 rings (SSSR count). The van der Waals surface area contributed by atoms with Crippen molar-refractivity contribution in [3.63, 3.8) is 0 Å². The van der Waals surface area contributed by atoms with E-state index in [1.807, 2.05) is 0 Å². The van der Waals surface area contributed by atoms with Crippen molar-refractivity contribution >= 4 is 0 Å². The van der Waals surface area contributed by atoms with E-state index in [0.717, 1.165) is 18.9 Å². The summed E-state index contributed by atoms with van der Waals surface area (Å²) in [6.07, 6.45) is 0.425. The van der Waals surface area contributed by atoms with Gasteiger partial charge in [0.15, 0.2) is 0 Å². The zero-order valence-corrected chi connectivity index (χ0v) is 6.78. The minimum Gasteiger partial charge on any atom is -0.296 e. The number of halogens is 2. The van der Waals surface area contributed by atoms with E-state index in [4.69, 9.17) is 0 Å². The zero-order chi connectivity index (χ0) is 9.42. The molecule has 13 heavy (non-hydrogen) atoms. The van der Waals surface area contributed by atoms with Crippen molar-refractivity contribution in [1.29, 1.82) is 0 Å². The highest BCUT2D eigenvalue weighted by Gasteiger charge is 2.25. The lowest BCUT2D eigenvalue weighted by Gasteiger charge is -2.02. The molecule has 1 aromatic heterocycles. The summed E-state index contributed by atoms with van der Waals surface area (Å²) < 4.78 is 25.6. The van der Waals surface area contributed by atoms with Crippen LogP contribution >= 0.6 is 0 Å². The van der Waals surface area contributed by atoms with Crippen molar-refractivity contribution < 1.29 is 8.78 Å². The minimum atomic E-state index is -2.67. The first-order valence-corrected chi connectivity index (χ1v) is 4.04. The van der Waals surface area contributed by atoms with Gasteiger partial charge in [-0.05, 0) is 12.8 Å². The summed E-state index contributed by atoms with van der Waals surface area (Å²) >= 11 is 0. The molecule has 0 N–H and O–H groups in total. The van der Waals surface area contributed by atoms with Crippen LogP contribution in [0.3, 0.4) is 0 Å². The van der Waals surface area contributed by atoms with Gasteiger partial charge in [0.25, 0.3) is 12.0 Å². The predicted octanol–water partition coefficient (Wildman–Crippen LogP) is 1.52. The van der Waals surface area contributed by atoms with Crippen LogP contribution in [0.4, 0.5) is 8.78 Å². The molecule has 0 radical (unpaired) electrons. The summed E-state index contributed by atoms with van der Waals surface area (Å²) in [7, 11) is 0. The third kappa shape index (κ3) is 1.59. The fraction of sp³-hybridized carbons (Fsp3) is 0.500. The minimum absolute atomic E-state index is 0.187. The van der Waals surface area contributed by atoms with Crippen LogP contribution in [-0.2, 0) is 0 Å². The van der Waals surface area contributed by atoms with Crippen molar-refractivity contribution in [2.45, 2.75) is 25.3 Å². The van der Waals surface area contributed by atoms with Crippen LogP contribution in [0, 0.1) is 0 Å². The lowest BCUT2D eigenvalue weighted by Crippen LogP contribution is -2.19. The lowest BCUT2D eigenvalue weighted by molar-refractivity contribution is 0.145. The average molecular weight is 186 g/mol. The van der Waals surface area contributed by atoms with E-state index in [-0.39, 0.29) is 11.6 Å². The molecule has 1 aliphatic carbocycles. The lowest BCUT2D eigenvalue weighted by atomic mass is 10.4. The average Bonchev–Trinajstić information content (AvgIpc) is 2.87.